The van der Waals surface area contributed by atoms with Crippen LogP contribution in [0.4, 0.5) is 0 Å². The molecule has 1 aliphatic rings. The molecule has 1 atom stereocenters. The lowest BCUT2D eigenvalue weighted by Crippen LogP contribution is -2.39. The van der Waals surface area contributed by atoms with Gasteiger partial charge in [0.25, 0.3) is 0 Å². The molecule has 0 spiro atoms. The summed E-state index contributed by atoms with van der Waals surface area (Å²) in [6.07, 6.45) is 5.60. The molecular weight excluding hydrogens is 200 g/mol. The summed E-state index contributed by atoms with van der Waals surface area (Å²) in [5.74, 6) is 1.11. The standard InChI is InChI=1S/C13H22N2O/c1-3-12(8-9-14)15-13(16)11-6-4-10(2)5-7-11/h10-12H,3-8H2,1-2H3,(H,15,16). The smallest absolute Gasteiger partial charge is 0.223 e. The van der Waals surface area contributed by atoms with Crippen LogP contribution in [0.25, 0.3) is 0 Å². The highest BCUT2D eigenvalue weighted by atomic mass is 16.1. The highest BCUT2D eigenvalue weighted by Gasteiger charge is 2.25. The number of nitrogens with zero attached hydrogens (tertiary/aromatic N) is 1. The largest absolute Gasteiger partial charge is 0.352 e. The Morgan fingerprint density at radius 3 is 2.56 bits per heavy atom. The molecule has 0 aromatic rings. The first kappa shape index (κ1) is 13.0. The maximum absolute atomic E-state index is 11.9. The van der Waals surface area contributed by atoms with Crippen LogP contribution in [0.15, 0.2) is 0 Å². The molecule has 3 nitrogen and oxygen atoms in total. The van der Waals surface area contributed by atoms with Crippen molar-refractivity contribution in [2.45, 2.75) is 58.4 Å². The molecule has 0 aliphatic heterocycles. The van der Waals surface area contributed by atoms with Crippen molar-refractivity contribution in [2.24, 2.45) is 11.8 Å². The zero-order valence-corrected chi connectivity index (χ0v) is 10.3. The van der Waals surface area contributed by atoms with Crippen LogP contribution in [0.1, 0.15) is 52.4 Å². The topological polar surface area (TPSA) is 52.9 Å². The van der Waals surface area contributed by atoms with Gasteiger partial charge >= 0.3 is 0 Å². The minimum atomic E-state index is 0.0388. The van der Waals surface area contributed by atoms with Crippen LogP contribution in [0.5, 0.6) is 0 Å². The molecule has 1 amide bonds. The van der Waals surface area contributed by atoms with Crippen LogP contribution in [0, 0.1) is 23.2 Å². The molecule has 1 saturated carbocycles. The highest BCUT2D eigenvalue weighted by molar-refractivity contribution is 5.79. The third-order valence-corrected chi connectivity index (χ3v) is 3.56. The Balaban J connectivity index is 2.37. The maximum atomic E-state index is 11.9. The second kappa shape index (κ2) is 6.52. The SMILES string of the molecule is CCC(CC#N)NC(=O)C1CCC(C)CC1. The van der Waals surface area contributed by atoms with Crippen LogP contribution in [0.2, 0.25) is 0 Å². The average molecular weight is 222 g/mol. The van der Waals surface area contributed by atoms with Gasteiger partial charge in [0, 0.05) is 12.0 Å². The summed E-state index contributed by atoms with van der Waals surface area (Å²) in [6.45, 7) is 4.25. The predicted octanol–water partition coefficient (Wildman–Crippen LogP) is 2.62. The highest BCUT2D eigenvalue weighted by Crippen LogP contribution is 2.28. The molecule has 0 heterocycles. The second-order valence-corrected chi connectivity index (χ2v) is 4.93. The average Bonchev–Trinajstić information content (AvgIpc) is 2.29. The lowest BCUT2D eigenvalue weighted by Gasteiger charge is -2.26. The fourth-order valence-electron chi connectivity index (χ4n) is 2.25. The Morgan fingerprint density at radius 2 is 2.06 bits per heavy atom. The number of carbonyl (C=O) groups excluding carboxylic acids is 1. The summed E-state index contributed by atoms with van der Waals surface area (Å²) in [4.78, 5) is 11.9. The van der Waals surface area contributed by atoms with Crippen molar-refractivity contribution in [3.63, 3.8) is 0 Å². The molecule has 1 aliphatic carbocycles. The Morgan fingerprint density at radius 1 is 1.44 bits per heavy atom. The van der Waals surface area contributed by atoms with E-state index in [4.69, 9.17) is 5.26 Å². The molecule has 3 heteroatoms. The van der Waals surface area contributed by atoms with E-state index >= 15 is 0 Å². The van der Waals surface area contributed by atoms with Gasteiger partial charge in [-0.3, -0.25) is 4.79 Å². The third kappa shape index (κ3) is 3.84. The molecule has 1 fully saturated rings. The van der Waals surface area contributed by atoms with Crippen molar-refractivity contribution >= 4 is 5.91 Å². The first-order chi connectivity index (χ1) is 7.67. The summed E-state index contributed by atoms with van der Waals surface area (Å²) in [7, 11) is 0. The van der Waals surface area contributed by atoms with Gasteiger partial charge in [0.1, 0.15) is 0 Å². The molecule has 1 N–H and O–H groups in total. The zero-order chi connectivity index (χ0) is 12.0. The van der Waals surface area contributed by atoms with Crippen LogP contribution in [-0.2, 0) is 4.79 Å². The monoisotopic (exact) mass is 222 g/mol. The second-order valence-electron chi connectivity index (χ2n) is 4.93. The molecule has 0 saturated heterocycles. The van der Waals surface area contributed by atoms with E-state index in [1.54, 1.807) is 0 Å². The van der Waals surface area contributed by atoms with E-state index in [1.807, 2.05) is 6.92 Å². The van der Waals surface area contributed by atoms with Crippen molar-refractivity contribution in [1.29, 1.82) is 5.26 Å². The third-order valence-electron chi connectivity index (χ3n) is 3.56. The molecule has 0 radical (unpaired) electrons. The minimum Gasteiger partial charge on any atom is -0.352 e. The Labute approximate surface area is 98.2 Å². The number of hydrogen-bond acceptors (Lipinski definition) is 2. The van der Waals surface area contributed by atoms with E-state index < -0.39 is 0 Å². The van der Waals surface area contributed by atoms with E-state index in [2.05, 4.69) is 18.3 Å². The lowest BCUT2D eigenvalue weighted by atomic mass is 9.82. The zero-order valence-electron chi connectivity index (χ0n) is 10.3. The Hall–Kier alpha value is -1.04. The quantitative estimate of drug-likeness (QED) is 0.795. The van der Waals surface area contributed by atoms with Gasteiger partial charge in [-0.1, -0.05) is 13.8 Å². The van der Waals surface area contributed by atoms with Crippen LogP contribution in [0.3, 0.4) is 0 Å². The van der Waals surface area contributed by atoms with Crippen molar-refractivity contribution in [2.75, 3.05) is 0 Å². The van der Waals surface area contributed by atoms with E-state index in [-0.39, 0.29) is 17.9 Å². The van der Waals surface area contributed by atoms with Gasteiger partial charge in [0.15, 0.2) is 0 Å². The fourth-order valence-corrected chi connectivity index (χ4v) is 2.25. The van der Waals surface area contributed by atoms with Gasteiger partial charge in [0.2, 0.25) is 5.91 Å². The first-order valence-electron chi connectivity index (χ1n) is 6.34. The van der Waals surface area contributed by atoms with Crippen LogP contribution < -0.4 is 5.32 Å². The van der Waals surface area contributed by atoms with Crippen molar-refractivity contribution < 1.29 is 4.79 Å². The minimum absolute atomic E-state index is 0.0388. The van der Waals surface area contributed by atoms with Crippen molar-refractivity contribution in [1.82, 2.24) is 5.32 Å². The summed E-state index contributed by atoms with van der Waals surface area (Å²) < 4.78 is 0. The molecule has 0 bridgehead atoms. The molecule has 0 aromatic carbocycles. The van der Waals surface area contributed by atoms with Gasteiger partial charge in [-0.15, -0.1) is 0 Å². The van der Waals surface area contributed by atoms with Gasteiger partial charge in [-0.05, 0) is 38.0 Å². The fraction of sp³-hybridized carbons (Fsp3) is 0.846. The summed E-state index contributed by atoms with van der Waals surface area (Å²) in [6, 6.07) is 2.16. The normalized spacial score (nSPS) is 26.8. The summed E-state index contributed by atoms with van der Waals surface area (Å²) >= 11 is 0. The number of nitrogens with one attached hydrogen (secondary N) is 1. The van der Waals surface area contributed by atoms with Gasteiger partial charge in [0.05, 0.1) is 12.5 Å². The van der Waals surface area contributed by atoms with Crippen molar-refractivity contribution in [3.05, 3.63) is 0 Å². The van der Waals surface area contributed by atoms with Gasteiger partial charge in [-0.25, -0.2) is 0 Å². The predicted molar refractivity (Wildman–Crippen MR) is 63.6 cm³/mol. The molecule has 90 valence electrons. The number of hydrogen-bond donors (Lipinski definition) is 1. The van der Waals surface area contributed by atoms with Crippen molar-refractivity contribution in [3.8, 4) is 6.07 Å². The Bertz CT molecular complexity index is 262. The number of nitriles is 1. The van der Waals surface area contributed by atoms with Gasteiger partial charge < -0.3 is 5.32 Å². The number of amides is 1. The summed E-state index contributed by atoms with van der Waals surface area (Å²) in [5.41, 5.74) is 0. The maximum Gasteiger partial charge on any atom is 0.223 e. The summed E-state index contributed by atoms with van der Waals surface area (Å²) in [5, 5.41) is 11.6. The van der Waals surface area contributed by atoms with E-state index in [0.29, 0.717) is 6.42 Å². The van der Waals surface area contributed by atoms with E-state index in [9.17, 15) is 4.79 Å². The molecule has 16 heavy (non-hydrogen) atoms. The number of rotatable bonds is 4. The molecule has 1 unspecified atom stereocenters. The lowest BCUT2D eigenvalue weighted by molar-refractivity contribution is -0.126. The van der Waals surface area contributed by atoms with E-state index in [1.165, 1.54) is 0 Å². The van der Waals surface area contributed by atoms with Crippen LogP contribution >= 0.6 is 0 Å². The molecule has 0 aromatic heterocycles. The van der Waals surface area contributed by atoms with Crippen LogP contribution in [-0.4, -0.2) is 11.9 Å². The molecule has 1 rings (SSSR count). The van der Waals surface area contributed by atoms with E-state index in [0.717, 1.165) is 38.0 Å². The Kier molecular flexibility index (Phi) is 5.31. The number of carbonyl (C=O) groups is 1. The van der Waals surface area contributed by atoms with Gasteiger partial charge in [-0.2, -0.15) is 5.26 Å². The first-order valence-corrected chi connectivity index (χ1v) is 6.34. The molecular formula is C13H22N2O.